The number of rotatable bonds is 5. The summed E-state index contributed by atoms with van der Waals surface area (Å²) < 4.78 is 0. The maximum absolute atomic E-state index is 11.9. The molecule has 1 rings (SSSR count). The summed E-state index contributed by atoms with van der Waals surface area (Å²) in [5.41, 5.74) is 6.52. The summed E-state index contributed by atoms with van der Waals surface area (Å²) in [5, 5.41) is 0.686. The topological polar surface area (TPSA) is 46.3 Å². The molecule has 3 nitrogen and oxygen atoms in total. The Balaban J connectivity index is 2.51. The fourth-order valence-corrected chi connectivity index (χ4v) is 1.68. The van der Waals surface area contributed by atoms with E-state index < -0.39 is 0 Å². The zero-order valence-electron chi connectivity index (χ0n) is 10.3. The highest BCUT2D eigenvalue weighted by Crippen LogP contribution is 2.10. The summed E-state index contributed by atoms with van der Waals surface area (Å²) in [6.45, 7) is 3.33. The van der Waals surface area contributed by atoms with Gasteiger partial charge >= 0.3 is 0 Å². The first-order valence-electron chi connectivity index (χ1n) is 5.71. The van der Waals surface area contributed by atoms with Crippen LogP contribution in [0.1, 0.15) is 12.5 Å². The monoisotopic (exact) mass is 254 g/mol. The Labute approximate surface area is 108 Å². The third-order valence-electron chi connectivity index (χ3n) is 2.68. The Bertz CT molecular complexity index is 364. The average molecular weight is 255 g/mol. The summed E-state index contributed by atoms with van der Waals surface area (Å²) >= 11 is 5.79. The lowest BCUT2D eigenvalue weighted by Crippen LogP contribution is -2.34. The molecule has 2 N–H and O–H groups in total. The summed E-state index contributed by atoms with van der Waals surface area (Å²) in [7, 11) is 1.81. The van der Waals surface area contributed by atoms with Crippen LogP contribution in [0, 0.1) is 5.92 Å². The van der Waals surface area contributed by atoms with Crippen molar-refractivity contribution in [1.29, 1.82) is 0 Å². The van der Waals surface area contributed by atoms with E-state index in [-0.39, 0.29) is 5.91 Å². The van der Waals surface area contributed by atoms with Gasteiger partial charge in [0.15, 0.2) is 0 Å². The van der Waals surface area contributed by atoms with E-state index in [2.05, 4.69) is 0 Å². The number of carbonyl (C=O) groups excluding carboxylic acids is 1. The molecule has 17 heavy (non-hydrogen) atoms. The molecule has 0 saturated heterocycles. The van der Waals surface area contributed by atoms with E-state index in [0.717, 1.165) is 5.56 Å². The van der Waals surface area contributed by atoms with Gasteiger partial charge in [0, 0.05) is 18.6 Å². The number of carbonyl (C=O) groups is 1. The molecule has 1 aromatic rings. The van der Waals surface area contributed by atoms with Crippen molar-refractivity contribution in [2.75, 3.05) is 20.1 Å². The molecule has 0 heterocycles. The van der Waals surface area contributed by atoms with Crippen LogP contribution >= 0.6 is 11.6 Å². The van der Waals surface area contributed by atoms with Crippen LogP contribution in [-0.2, 0) is 11.2 Å². The predicted molar refractivity (Wildman–Crippen MR) is 71.0 cm³/mol. The first-order chi connectivity index (χ1) is 8.02. The molecule has 1 atom stereocenters. The van der Waals surface area contributed by atoms with Crippen molar-refractivity contribution in [2.24, 2.45) is 11.7 Å². The number of hydrogen-bond acceptors (Lipinski definition) is 2. The minimum Gasteiger partial charge on any atom is -0.345 e. The van der Waals surface area contributed by atoms with Crippen LogP contribution in [0.3, 0.4) is 0 Å². The number of hydrogen-bond donors (Lipinski definition) is 1. The summed E-state index contributed by atoms with van der Waals surface area (Å²) in [5.74, 6) is 0.432. The number of nitrogens with two attached hydrogens (primary N) is 1. The highest BCUT2D eigenvalue weighted by Gasteiger charge is 2.12. The number of likely N-dealkylation sites (N-methyl/N-ethyl adjacent to an activating group) is 1. The highest BCUT2D eigenvalue weighted by atomic mass is 35.5. The molecular formula is C13H19ClN2O. The molecular weight excluding hydrogens is 236 g/mol. The van der Waals surface area contributed by atoms with E-state index in [4.69, 9.17) is 17.3 Å². The van der Waals surface area contributed by atoms with E-state index >= 15 is 0 Å². The Morgan fingerprint density at radius 3 is 2.53 bits per heavy atom. The minimum atomic E-state index is 0.104. The maximum atomic E-state index is 11.9. The van der Waals surface area contributed by atoms with Gasteiger partial charge in [-0.25, -0.2) is 0 Å². The SMILES string of the molecule is CC(CN)CN(C)C(=O)Cc1ccc(Cl)cc1. The van der Waals surface area contributed by atoms with E-state index in [1.165, 1.54) is 0 Å². The van der Waals surface area contributed by atoms with Crippen LogP contribution in [0.2, 0.25) is 5.02 Å². The molecule has 0 aliphatic carbocycles. The van der Waals surface area contributed by atoms with Gasteiger partial charge in [0.1, 0.15) is 0 Å². The van der Waals surface area contributed by atoms with Crippen LogP contribution in [0.4, 0.5) is 0 Å². The van der Waals surface area contributed by atoms with Crippen LogP contribution in [0.5, 0.6) is 0 Å². The van der Waals surface area contributed by atoms with Crippen LogP contribution in [0.25, 0.3) is 0 Å². The van der Waals surface area contributed by atoms with Gasteiger partial charge < -0.3 is 10.6 Å². The van der Waals surface area contributed by atoms with Gasteiger partial charge in [-0.3, -0.25) is 4.79 Å². The molecule has 0 aliphatic heterocycles. The second-order valence-electron chi connectivity index (χ2n) is 4.42. The molecule has 0 spiro atoms. The maximum Gasteiger partial charge on any atom is 0.226 e. The number of benzene rings is 1. The lowest BCUT2D eigenvalue weighted by atomic mass is 10.1. The van der Waals surface area contributed by atoms with Gasteiger partial charge in [0.05, 0.1) is 6.42 Å². The lowest BCUT2D eigenvalue weighted by molar-refractivity contribution is -0.129. The Morgan fingerprint density at radius 2 is 2.00 bits per heavy atom. The first kappa shape index (κ1) is 14.0. The second kappa shape index (κ2) is 6.62. The molecule has 0 saturated carbocycles. The van der Waals surface area contributed by atoms with Gasteiger partial charge in [-0.05, 0) is 30.2 Å². The van der Waals surface area contributed by atoms with Crippen molar-refractivity contribution in [2.45, 2.75) is 13.3 Å². The Morgan fingerprint density at radius 1 is 1.41 bits per heavy atom. The molecule has 1 amide bonds. The van der Waals surface area contributed by atoms with E-state index in [1.807, 2.05) is 26.1 Å². The van der Waals surface area contributed by atoms with Crippen molar-refractivity contribution >= 4 is 17.5 Å². The van der Waals surface area contributed by atoms with Crippen molar-refractivity contribution in [1.82, 2.24) is 4.90 Å². The molecule has 0 aromatic heterocycles. The predicted octanol–water partition coefficient (Wildman–Crippen LogP) is 1.94. The summed E-state index contributed by atoms with van der Waals surface area (Å²) in [4.78, 5) is 13.6. The zero-order valence-corrected chi connectivity index (χ0v) is 11.1. The van der Waals surface area contributed by atoms with Gasteiger partial charge in [-0.15, -0.1) is 0 Å². The molecule has 0 radical (unpaired) electrons. The van der Waals surface area contributed by atoms with Crippen LogP contribution in [0.15, 0.2) is 24.3 Å². The quantitative estimate of drug-likeness (QED) is 0.873. The molecule has 0 bridgehead atoms. The fourth-order valence-electron chi connectivity index (χ4n) is 1.56. The number of amides is 1. The minimum absolute atomic E-state index is 0.104. The van der Waals surface area contributed by atoms with Gasteiger partial charge in [0.25, 0.3) is 0 Å². The Hall–Kier alpha value is -1.06. The molecule has 0 fully saturated rings. The van der Waals surface area contributed by atoms with Crippen molar-refractivity contribution in [3.05, 3.63) is 34.9 Å². The van der Waals surface area contributed by atoms with Crippen molar-refractivity contribution < 1.29 is 4.79 Å². The molecule has 94 valence electrons. The summed E-state index contributed by atoms with van der Waals surface area (Å²) in [6, 6.07) is 7.35. The largest absolute Gasteiger partial charge is 0.345 e. The normalized spacial score (nSPS) is 12.2. The highest BCUT2D eigenvalue weighted by molar-refractivity contribution is 6.30. The first-order valence-corrected chi connectivity index (χ1v) is 6.09. The third-order valence-corrected chi connectivity index (χ3v) is 2.93. The average Bonchev–Trinajstić information content (AvgIpc) is 2.31. The zero-order chi connectivity index (χ0) is 12.8. The van der Waals surface area contributed by atoms with Crippen LogP contribution < -0.4 is 5.73 Å². The molecule has 1 unspecified atom stereocenters. The van der Waals surface area contributed by atoms with Crippen LogP contribution in [-0.4, -0.2) is 30.9 Å². The fraction of sp³-hybridized carbons (Fsp3) is 0.462. The molecule has 1 aromatic carbocycles. The van der Waals surface area contributed by atoms with E-state index in [9.17, 15) is 4.79 Å². The molecule has 4 heteroatoms. The number of halogens is 1. The smallest absolute Gasteiger partial charge is 0.226 e. The summed E-state index contributed by atoms with van der Waals surface area (Å²) in [6.07, 6.45) is 0.408. The number of nitrogens with zero attached hydrogens (tertiary/aromatic N) is 1. The van der Waals surface area contributed by atoms with Gasteiger partial charge in [-0.1, -0.05) is 30.7 Å². The van der Waals surface area contributed by atoms with Crippen molar-refractivity contribution in [3.8, 4) is 0 Å². The van der Waals surface area contributed by atoms with Gasteiger partial charge in [-0.2, -0.15) is 0 Å². The third kappa shape index (κ3) is 4.75. The van der Waals surface area contributed by atoms with E-state index in [0.29, 0.717) is 30.5 Å². The van der Waals surface area contributed by atoms with Gasteiger partial charge in [0.2, 0.25) is 5.91 Å². The molecule has 0 aliphatic rings. The second-order valence-corrected chi connectivity index (χ2v) is 4.85. The standard InChI is InChI=1S/C13H19ClN2O/c1-10(8-15)9-16(2)13(17)7-11-3-5-12(14)6-4-11/h3-6,10H,7-9,15H2,1-2H3. The van der Waals surface area contributed by atoms with Crippen molar-refractivity contribution in [3.63, 3.8) is 0 Å². The lowest BCUT2D eigenvalue weighted by Gasteiger charge is -2.20. The Kier molecular flexibility index (Phi) is 5.45. The van der Waals surface area contributed by atoms with E-state index in [1.54, 1.807) is 17.0 Å².